The lowest BCUT2D eigenvalue weighted by Gasteiger charge is -2.24. The van der Waals surface area contributed by atoms with E-state index in [1.54, 1.807) is 12.1 Å². The van der Waals surface area contributed by atoms with Crippen molar-refractivity contribution < 1.29 is 19.8 Å². The molecule has 0 heterocycles. The van der Waals surface area contributed by atoms with E-state index >= 15 is 0 Å². The lowest BCUT2D eigenvalue weighted by molar-refractivity contribution is -0.137. The number of carboxylic acids is 1. The molecule has 0 saturated carbocycles. The summed E-state index contributed by atoms with van der Waals surface area (Å²) in [6.07, 6.45) is -0.106. The van der Waals surface area contributed by atoms with E-state index < -0.39 is 5.97 Å². The normalized spacial score (nSPS) is 10.6. The minimum absolute atomic E-state index is 0.0703. The van der Waals surface area contributed by atoms with Crippen molar-refractivity contribution in [3.63, 3.8) is 0 Å². The van der Waals surface area contributed by atoms with Crippen molar-refractivity contribution in [1.29, 1.82) is 0 Å². The van der Waals surface area contributed by atoms with Crippen molar-refractivity contribution >= 4 is 11.9 Å². The highest BCUT2D eigenvalue weighted by Crippen LogP contribution is 2.21. The third-order valence-electron chi connectivity index (χ3n) is 2.85. The summed E-state index contributed by atoms with van der Waals surface area (Å²) >= 11 is 0. The third-order valence-corrected chi connectivity index (χ3v) is 2.85. The van der Waals surface area contributed by atoms with Crippen molar-refractivity contribution in [2.45, 2.75) is 27.2 Å². The number of aryl methyl sites for hydroxylation is 1. The Bertz CT molecular complexity index is 497. The molecule has 5 nitrogen and oxygen atoms in total. The molecule has 0 spiro atoms. The van der Waals surface area contributed by atoms with Gasteiger partial charge in [-0.25, -0.2) is 0 Å². The summed E-state index contributed by atoms with van der Waals surface area (Å²) in [5.74, 6) is -1.13. The van der Waals surface area contributed by atoms with E-state index in [-0.39, 0.29) is 36.1 Å². The van der Waals surface area contributed by atoms with Crippen LogP contribution in [0.2, 0.25) is 0 Å². The molecule has 1 rings (SSSR count). The first kappa shape index (κ1) is 16.0. The first-order valence-electron chi connectivity index (χ1n) is 6.62. The molecule has 0 aliphatic heterocycles. The van der Waals surface area contributed by atoms with Crippen LogP contribution >= 0.6 is 0 Å². The lowest BCUT2D eigenvalue weighted by Crippen LogP contribution is -2.36. The Morgan fingerprint density at radius 2 is 1.95 bits per heavy atom. The number of carbonyl (C=O) groups excluding carboxylic acids is 1. The van der Waals surface area contributed by atoms with Crippen LogP contribution in [-0.4, -0.2) is 40.1 Å². The van der Waals surface area contributed by atoms with Crippen molar-refractivity contribution in [3.8, 4) is 5.75 Å². The maximum atomic E-state index is 12.4. The van der Waals surface area contributed by atoms with Crippen molar-refractivity contribution in [1.82, 2.24) is 4.90 Å². The van der Waals surface area contributed by atoms with Gasteiger partial charge in [0.1, 0.15) is 5.75 Å². The maximum Gasteiger partial charge on any atom is 0.305 e. The highest BCUT2D eigenvalue weighted by molar-refractivity contribution is 5.97. The van der Waals surface area contributed by atoms with Gasteiger partial charge in [-0.3, -0.25) is 9.59 Å². The number of aromatic hydroxyl groups is 1. The monoisotopic (exact) mass is 279 g/mol. The summed E-state index contributed by atoms with van der Waals surface area (Å²) in [5, 5.41) is 18.6. The smallest absolute Gasteiger partial charge is 0.305 e. The predicted molar refractivity (Wildman–Crippen MR) is 75.8 cm³/mol. The van der Waals surface area contributed by atoms with E-state index in [0.29, 0.717) is 6.54 Å². The van der Waals surface area contributed by atoms with Gasteiger partial charge in [0.15, 0.2) is 0 Å². The van der Waals surface area contributed by atoms with Crippen LogP contribution in [-0.2, 0) is 4.79 Å². The molecule has 20 heavy (non-hydrogen) atoms. The number of phenols is 1. The van der Waals surface area contributed by atoms with Crippen molar-refractivity contribution in [2.24, 2.45) is 5.92 Å². The number of benzene rings is 1. The molecule has 5 heteroatoms. The Labute approximate surface area is 118 Å². The minimum Gasteiger partial charge on any atom is -0.507 e. The zero-order chi connectivity index (χ0) is 15.3. The standard InChI is InChI=1S/C15H21NO4/c1-10(2)9-16(7-6-14(18)19)15(20)12-5-4-11(3)8-13(12)17/h4-5,8,10,17H,6-7,9H2,1-3H3,(H,18,19). The van der Waals surface area contributed by atoms with Gasteiger partial charge >= 0.3 is 5.97 Å². The lowest BCUT2D eigenvalue weighted by atomic mass is 10.1. The summed E-state index contributed by atoms with van der Waals surface area (Å²) < 4.78 is 0. The Kier molecular flexibility index (Phi) is 5.55. The minimum atomic E-state index is -0.945. The van der Waals surface area contributed by atoms with E-state index in [9.17, 15) is 14.7 Å². The van der Waals surface area contributed by atoms with Gasteiger partial charge in [0.05, 0.1) is 12.0 Å². The summed E-state index contributed by atoms with van der Waals surface area (Å²) in [6.45, 7) is 6.33. The average Bonchev–Trinajstić information content (AvgIpc) is 2.33. The van der Waals surface area contributed by atoms with Crippen LogP contribution in [0.15, 0.2) is 18.2 Å². The van der Waals surface area contributed by atoms with Crippen LogP contribution in [0.3, 0.4) is 0 Å². The quantitative estimate of drug-likeness (QED) is 0.837. The first-order valence-corrected chi connectivity index (χ1v) is 6.62. The molecule has 0 aliphatic rings. The van der Waals surface area contributed by atoms with Crippen LogP contribution in [0.25, 0.3) is 0 Å². The molecule has 110 valence electrons. The second kappa shape index (κ2) is 6.93. The number of carboxylic acid groups (broad SMARTS) is 1. The van der Waals surface area contributed by atoms with Crippen LogP contribution in [0, 0.1) is 12.8 Å². The van der Waals surface area contributed by atoms with Crippen LogP contribution in [0.5, 0.6) is 5.75 Å². The highest BCUT2D eigenvalue weighted by atomic mass is 16.4. The molecule has 0 aliphatic carbocycles. The zero-order valence-electron chi connectivity index (χ0n) is 12.1. The molecular weight excluding hydrogens is 258 g/mol. The molecule has 1 aromatic rings. The number of hydrogen-bond donors (Lipinski definition) is 2. The van der Waals surface area contributed by atoms with Crippen molar-refractivity contribution in [3.05, 3.63) is 29.3 Å². The maximum absolute atomic E-state index is 12.4. The second-order valence-corrected chi connectivity index (χ2v) is 5.31. The molecule has 2 N–H and O–H groups in total. The SMILES string of the molecule is Cc1ccc(C(=O)N(CCC(=O)O)CC(C)C)c(O)c1. The fourth-order valence-electron chi connectivity index (χ4n) is 1.94. The molecule has 0 radical (unpaired) electrons. The summed E-state index contributed by atoms with van der Waals surface area (Å²) in [4.78, 5) is 24.5. The molecular formula is C15H21NO4. The van der Waals surface area contributed by atoms with Crippen LogP contribution in [0.1, 0.15) is 36.2 Å². The largest absolute Gasteiger partial charge is 0.507 e. The van der Waals surface area contributed by atoms with Crippen LogP contribution in [0.4, 0.5) is 0 Å². The van der Waals surface area contributed by atoms with E-state index in [1.165, 1.54) is 11.0 Å². The molecule has 1 amide bonds. The van der Waals surface area contributed by atoms with Gasteiger partial charge in [-0.05, 0) is 30.5 Å². The van der Waals surface area contributed by atoms with Gasteiger partial charge in [0.2, 0.25) is 0 Å². The van der Waals surface area contributed by atoms with Gasteiger partial charge in [0.25, 0.3) is 5.91 Å². The summed E-state index contributed by atoms with van der Waals surface area (Å²) in [7, 11) is 0. The topological polar surface area (TPSA) is 77.8 Å². The Morgan fingerprint density at radius 1 is 1.30 bits per heavy atom. The number of nitrogens with zero attached hydrogens (tertiary/aromatic N) is 1. The number of amides is 1. The number of aliphatic carboxylic acids is 1. The number of rotatable bonds is 6. The number of carbonyl (C=O) groups is 2. The molecule has 0 aromatic heterocycles. The van der Waals surface area contributed by atoms with E-state index in [0.717, 1.165) is 5.56 Å². The fourth-order valence-corrected chi connectivity index (χ4v) is 1.94. The first-order chi connectivity index (χ1) is 9.31. The summed E-state index contributed by atoms with van der Waals surface area (Å²) in [5.41, 5.74) is 1.07. The van der Waals surface area contributed by atoms with Gasteiger partial charge in [-0.15, -0.1) is 0 Å². The predicted octanol–water partition coefficient (Wildman–Crippen LogP) is 2.27. The Hall–Kier alpha value is -2.04. The Balaban J connectivity index is 2.93. The van der Waals surface area contributed by atoms with Gasteiger partial charge in [-0.1, -0.05) is 19.9 Å². The molecule has 0 bridgehead atoms. The fraction of sp³-hybridized carbons (Fsp3) is 0.467. The zero-order valence-corrected chi connectivity index (χ0v) is 12.1. The molecule has 0 saturated heterocycles. The molecule has 0 atom stereocenters. The van der Waals surface area contributed by atoms with E-state index in [2.05, 4.69) is 0 Å². The Morgan fingerprint density at radius 3 is 2.45 bits per heavy atom. The average molecular weight is 279 g/mol. The third kappa shape index (κ3) is 4.57. The summed E-state index contributed by atoms with van der Waals surface area (Å²) in [6, 6.07) is 4.84. The highest BCUT2D eigenvalue weighted by Gasteiger charge is 2.20. The molecule has 1 aromatic carbocycles. The second-order valence-electron chi connectivity index (χ2n) is 5.31. The van der Waals surface area contributed by atoms with Gasteiger partial charge in [-0.2, -0.15) is 0 Å². The molecule has 0 unspecified atom stereocenters. The molecule has 0 fully saturated rings. The van der Waals surface area contributed by atoms with E-state index in [1.807, 2.05) is 20.8 Å². The number of phenolic OH excluding ortho intramolecular Hbond substituents is 1. The van der Waals surface area contributed by atoms with Crippen LogP contribution < -0.4 is 0 Å². The van der Waals surface area contributed by atoms with Gasteiger partial charge < -0.3 is 15.1 Å². The van der Waals surface area contributed by atoms with E-state index in [4.69, 9.17) is 5.11 Å². The van der Waals surface area contributed by atoms with Gasteiger partial charge in [0, 0.05) is 13.1 Å². The number of hydrogen-bond acceptors (Lipinski definition) is 3. The van der Waals surface area contributed by atoms with Crippen molar-refractivity contribution in [2.75, 3.05) is 13.1 Å².